The Morgan fingerprint density at radius 3 is 2.75 bits per heavy atom. The lowest BCUT2D eigenvalue weighted by Crippen LogP contribution is -2.07. The summed E-state index contributed by atoms with van der Waals surface area (Å²) >= 11 is 3.38. The average Bonchev–Trinajstić information content (AvgIpc) is 2.77. The third-order valence-corrected chi connectivity index (χ3v) is 3.50. The van der Waals surface area contributed by atoms with Crippen LogP contribution >= 0.6 is 15.9 Å². The lowest BCUT2D eigenvalue weighted by atomic mass is 10.1. The van der Waals surface area contributed by atoms with Crippen molar-refractivity contribution in [1.29, 1.82) is 0 Å². The molecule has 0 fully saturated rings. The van der Waals surface area contributed by atoms with Gasteiger partial charge in [0.15, 0.2) is 6.29 Å². The summed E-state index contributed by atoms with van der Waals surface area (Å²) in [6.07, 6.45) is 0.815. The van der Waals surface area contributed by atoms with Gasteiger partial charge in [-0.15, -0.1) is 0 Å². The number of carbonyl (C=O) groups excluding carboxylic acids is 1. The summed E-state index contributed by atoms with van der Waals surface area (Å²) in [5.74, 6) is 0.629. The fraction of sp³-hybridized carbons (Fsp3) is 0.333. The molecule has 20 heavy (non-hydrogen) atoms. The predicted octanol–water partition coefficient (Wildman–Crippen LogP) is 3.67. The summed E-state index contributed by atoms with van der Waals surface area (Å²) in [5.41, 5.74) is 3.45. The van der Waals surface area contributed by atoms with Crippen LogP contribution in [-0.2, 0) is 13.2 Å². The number of aldehydes is 1. The molecule has 0 radical (unpaired) electrons. The first kappa shape index (κ1) is 14.8. The number of rotatable bonds is 5. The van der Waals surface area contributed by atoms with Gasteiger partial charge in [0, 0.05) is 11.0 Å². The first-order chi connectivity index (χ1) is 9.55. The minimum atomic E-state index is 0.401. The molecule has 2 rings (SSSR count). The minimum Gasteiger partial charge on any atom is -0.486 e. The third-order valence-electron chi connectivity index (χ3n) is 3.04. The molecule has 1 aromatic heterocycles. The van der Waals surface area contributed by atoms with E-state index >= 15 is 0 Å². The molecule has 0 saturated heterocycles. The molecule has 106 valence electrons. The Kier molecular flexibility index (Phi) is 4.60. The number of benzene rings is 1. The molecule has 4 nitrogen and oxygen atoms in total. The second-order valence-electron chi connectivity index (χ2n) is 4.64. The molecule has 0 atom stereocenters. The van der Waals surface area contributed by atoms with Crippen LogP contribution in [0.25, 0.3) is 0 Å². The van der Waals surface area contributed by atoms with Crippen LogP contribution in [-0.4, -0.2) is 16.1 Å². The molecule has 0 bridgehead atoms. The van der Waals surface area contributed by atoms with Crippen molar-refractivity contribution in [2.45, 2.75) is 33.9 Å². The van der Waals surface area contributed by atoms with Crippen molar-refractivity contribution >= 4 is 22.2 Å². The van der Waals surface area contributed by atoms with Crippen molar-refractivity contribution < 1.29 is 9.53 Å². The zero-order valence-corrected chi connectivity index (χ0v) is 13.4. The van der Waals surface area contributed by atoms with Crippen LogP contribution in [0.5, 0.6) is 5.75 Å². The highest BCUT2D eigenvalue weighted by Gasteiger charge is 2.11. The van der Waals surface area contributed by atoms with Crippen molar-refractivity contribution in [3.63, 3.8) is 0 Å². The van der Waals surface area contributed by atoms with E-state index in [0.29, 0.717) is 17.9 Å². The Morgan fingerprint density at radius 1 is 1.35 bits per heavy atom. The summed E-state index contributed by atoms with van der Waals surface area (Å²) in [5, 5.41) is 4.38. The van der Waals surface area contributed by atoms with Crippen LogP contribution in [0.1, 0.15) is 34.2 Å². The van der Waals surface area contributed by atoms with E-state index in [1.807, 2.05) is 37.6 Å². The maximum atomic E-state index is 11.2. The first-order valence-electron chi connectivity index (χ1n) is 6.46. The van der Waals surface area contributed by atoms with Gasteiger partial charge in [-0.3, -0.25) is 9.48 Å². The van der Waals surface area contributed by atoms with Crippen LogP contribution in [0.15, 0.2) is 22.7 Å². The molecule has 0 aliphatic carbocycles. The van der Waals surface area contributed by atoms with Gasteiger partial charge in [-0.1, -0.05) is 15.9 Å². The highest BCUT2D eigenvalue weighted by atomic mass is 79.9. The van der Waals surface area contributed by atoms with Gasteiger partial charge in [-0.25, -0.2) is 0 Å². The van der Waals surface area contributed by atoms with Crippen molar-refractivity contribution in [2.75, 3.05) is 0 Å². The second kappa shape index (κ2) is 6.22. The molecule has 0 aliphatic rings. The molecule has 0 saturated carbocycles. The zero-order chi connectivity index (χ0) is 14.7. The van der Waals surface area contributed by atoms with Crippen molar-refractivity contribution in [3.05, 3.63) is 45.2 Å². The van der Waals surface area contributed by atoms with E-state index in [1.54, 1.807) is 6.07 Å². The molecular weight excluding hydrogens is 320 g/mol. The van der Waals surface area contributed by atoms with Crippen LogP contribution < -0.4 is 4.74 Å². The summed E-state index contributed by atoms with van der Waals surface area (Å²) in [7, 11) is 0. The van der Waals surface area contributed by atoms with Gasteiger partial charge >= 0.3 is 0 Å². The van der Waals surface area contributed by atoms with Gasteiger partial charge in [0.1, 0.15) is 12.4 Å². The molecule has 0 aliphatic heterocycles. The molecule has 0 amide bonds. The molecule has 1 aromatic carbocycles. The number of aryl methyl sites for hydroxylation is 3. The van der Waals surface area contributed by atoms with Gasteiger partial charge in [-0.05, 0) is 44.5 Å². The zero-order valence-electron chi connectivity index (χ0n) is 11.8. The molecule has 0 N–H and O–H groups in total. The molecule has 5 heteroatoms. The monoisotopic (exact) mass is 336 g/mol. The average molecular weight is 337 g/mol. The Bertz CT molecular complexity index is 635. The lowest BCUT2D eigenvalue weighted by Gasteiger charge is -2.12. The second-order valence-corrected chi connectivity index (χ2v) is 5.56. The normalized spacial score (nSPS) is 10.6. The number of ether oxygens (including phenoxy) is 1. The maximum absolute atomic E-state index is 11.2. The van der Waals surface area contributed by atoms with Crippen LogP contribution in [0.3, 0.4) is 0 Å². The highest BCUT2D eigenvalue weighted by molar-refractivity contribution is 9.10. The number of nitrogens with zero attached hydrogens (tertiary/aromatic N) is 2. The van der Waals surface area contributed by atoms with E-state index in [4.69, 9.17) is 4.74 Å². The lowest BCUT2D eigenvalue weighted by molar-refractivity contribution is 0.111. The summed E-state index contributed by atoms with van der Waals surface area (Å²) in [6, 6.07) is 5.70. The quantitative estimate of drug-likeness (QED) is 0.782. The SMILES string of the molecule is CCn1nc(C)cc1COc1c(C)cc(Br)cc1C=O. The van der Waals surface area contributed by atoms with Crippen LogP contribution in [0.4, 0.5) is 0 Å². The molecule has 0 spiro atoms. The summed E-state index contributed by atoms with van der Waals surface area (Å²) in [4.78, 5) is 11.2. The van der Waals surface area contributed by atoms with Crippen LogP contribution in [0, 0.1) is 13.8 Å². The predicted molar refractivity (Wildman–Crippen MR) is 81.2 cm³/mol. The van der Waals surface area contributed by atoms with Gasteiger partial charge < -0.3 is 4.74 Å². The Hall–Kier alpha value is -1.62. The van der Waals surface area contributed by atoms with Crippen molar-refractivity contribution in [1.82, 2.24) is 9.78 Å². The van der Waals surface area contributed by atoms with Gasteiger partial charge in [0.25, 0.3) is 0 Å². The minimum absolute atomic E-state index is 0.401. The largest absolute Gasteiger partial charge is 0.486 e. The Labute approximate surface area is 126 Å². The van der Waals surface area contributed by atoms with E-state index < -0.39 is 0 Å². The van der Waals surface area contributed by atoms with Crippen LogP contribution in [0.2, 0.25) is 0 Å². The number of hydrogen-bond acceptors (Lipinski definition) is 3. The van der Waals surface area contributed by atoms with E-state index in [-0.39, 0.29) is 0 Å². The Morgan fingerprint density at radius 2 is 2.10 bits per heavy atom. The van der Waals surface area contributed by atoms with E-state index in [1.165, 1.54) is 0 Å². The Balaban J connectivity index is 2.24. The summed E-state index contributed by atoms with van der Waals surface area (Å²) < 4.78 is 8.62. The molecule has 2 aromatic rings. The molecule has 1 heterocycles. The number of carbonyl (C=O) groups is 1. The highest BCUT2D eigenvalue weighted by Crippen LogP contribution is 2.27. The first-order valence-corrected chi connectivity index (χ1v) is 7.26. The molecular formula is C15H17BrN2O2. The fourth-order valence-electron chi connectivity index (χ4n) is 2.18. The van der Waals surface area contributed by atoms with E-state index in [0.717, 1.165) is 34.3 Å². The standard InChI is InChI=1S/C15H17BrN2O2/c1-4-18-14(6-11(3)17-18)9-20-15-10(2)5-13(16)7-12(15)8-19/h5-8H,4,9H2,1-3H3. The number of hydrogen-bond donors (Lipinski definition) is 0. The van der Waals surface area contributed by atoms with Crippen molar-refractivity contribution in [3.8, 4) is 5.75 Å². The van der Waals surface area contributed by atoms with Gasteiger partial charge in [-0.2, -0.15) is 5.10 Å². The molecule has 0 unspecified atom stereocenters. The number of halogens is 1. The maximum Gasteiger partial charge on any atom is 0.153 e. The smallest absolute Gasteiger partial charge is 0.153 e. The fourth-order valence-corrected chi connectivity index (χ4v) is 2.77. The van der Waals surface area contributed by atoms with Gasteiger partial charge in [0.05, 0.1) is 17.0 Å². The van der Waals surface area contributed by atoms with Gasteiger partial charge in [0.2, 0.25) is 0 Å². The summed E-state index contributed by atoms with van der Waals surface area (Å²) in [6.45, 7) is 7.12. The number of aromatic nitrogens is 2. The van der Waals surface area contributed by atoms with E-state index in [9.17, 15) is 4.79 Å². The van der Waals surface area contributed by atoms with Crippen molar-refractivity contribution in [2.24, 2.45) is 0 Å². The van der Waals surface area contributed by atoms with E-state index in [2.05, 4.69) is 21.0 Å². The topological polar surface area (TPSA) is 44.1 Å². The third kappa shape index (κ3) is 3.10.